The van der Waals surface area contributed by atoms with E-state index in [-0.39, 0.29) is 6.42 Å². The van der Waals surface area contributed by atoms with Crippen molar-refractivity contribution in [3.8, 4) is 17.6 Å². The number of carbonyl (C=O) groups is 2. The van der Waals surface area contributed by atoms with Crippen LogP contribution in [0.2, 0.25) is 0 Å². The van der Waals surface area contributed by atoms with Crippen LogP contribution < -0.4 is 14.4 Å². The van der Waals surface area contributed by atoms with Crippen LogP contribution in [0.4, 0.5) is 10.5 Å². The van der Waals surface area contributed by atoms with Gasteiger partial charge in [0.25, 0.3) is 0 Å². The van der Waals surface area contributed by atoms with Crippen molar-refractivity contribution >= 4 is 17.7 Å². The number of nitriles is 1. The van der Waals surface area contributed by atoms with E-state index in [1.165, 1.54) is 33.3 Å². The van der Waals surface area contributed by atoms with Gasteiger partial charge < -0.3 is 24.1 Å². The molecule has 192 valence electrons. The summed E-state index contributed by atoms with van der Waals surface area (Å²) in [6.07, 6.45) is 2.23. The van der Waals surface area contributed by atoms with Gasteiger partial charge in [-0.1, -0.05) is 6.07 Å². The molecule has 1 N–H and O–H groups in total. The first-order chi connectivity index (χ1) is 17.3. The Kier molecular flexibility index (Phi) is 4.57. The van der Waals surface area contributed by atoms with Crippen molar-refractivity contribution < 1.29 is 33.6 Å². The third kappa shape index (κ3) is 1.97. The average molecular weight is 498 g/mol. The van der Waals surface area contributed by atoms with Crippen LogP contribution in [0.25, 0.3) is 0 Å². The molecule has 3 heterocycles. The van der Waals surface area contributed by atoms with Crippen molar-refractivity contribution in [1.29, 1.82) is 5.26 Å². The van der Waals surface area contributed by atoms with Crippen LogP contribution in [-0.2, 0) is 19.7 Å². The van der Waals surface area contributed by atoms with Crippen molar-refractivity contribution in [2.45, 2.75) is 60.6 Å². The Labute approximate surface area is 209 Å². The summed E-state index contributed by atoms with van der Waals surface area (Å²) in [5, 5.41) is 23.7. The molecule has 1 aromatic rings. The van der Waals surface area contributed by atoms with E-state index in [0.717, 1.165) is 13.0 Å². The minimum Gasteiger partial charge on any atom is -0.493 e. The molecule has 6 aliphatic rings. The molecule has 3 saturated carbocycles. The lowest BCUT2D eigenvalue weighted by Gasteiger charge is -2.74. The fourth-order valence-electron chi connectivity index (χ4n) is 9.46. The Morgan fingerprint density at radius 2 is 1.81 bits per heavy atom. The highest BCUT2D eigenvalue weighted by atomic mass is 16.6. The highest BCUT2D eigenvalue weighted by Crippen LogP contribution is 2.81. The van der Waals surface area contributed by atoms with E-state index in [2.05, 4.69) is 11.0 Å². The summed E-state index contributed by atoms with van der Waals surface area (Å²) in [4.78, 5) is 31.0. The molecule has 1 amide bonds. The topological polar surface area (TPSA) is 122 Å². The molecule has 1 aromatic carbocycles. The van der Waals surface area contributed by atoms with Crippen LogP contribution in [-0.4, -0.2) is 80.3 Å². The first-order valence-corrected chi connectivity index (χ1v) is 12.4. The van der Waals surface area contributed by atoms with Crippen molar-refractivity contribution in [2.75, 3.05) is 46.4 Å². The van der Waals surface area contributed by atoms with Crippen molar-refractivity contribution in [3.63, 3.8) is 0 Å². The minimum absolute atomic E-state index is 0.0272. The molecule has 2 saturated heterocycles. The number of rotatable bonds is 3. The van der Waals surface area contributed by atoms with Gasteiger partial charge in [-0.15, -0.1) is 0 Å². The Hall–Kier alpha value is -3.03. The fraction of sp³-hybridized carbons (Fsp3) is 0.654. The summed E-state index contributed by atoms with van der Waals surface area (Å²) in [6, 6.07) is 6.38. The number of nitrogens with zero attached hydrogens (tertiary/aromatic N) is 3. The number of ether oxygens (including phenoxy) is 4. The Bertz CT molecular complexity index is 1230. The number of benzene rings is 1. The predicted octanol–water partition coefficient (Wildman–Crippen LogP) is 2.12. The van der Waals surface area contributed by atoms with E-state index in [1.54, 1.807) is 6.07 Å². The number of esters is 1. The van der Waals surface area contributed by atoms with Gasteiger partial charge in [0.05, 0.1) is 45.6 Å². The largest absolute Gasteiger partial charge is 0.493 e. The lowest BCUT2D eigenvalue weighted by atomic mass is 9.32. The van der Waals surface area contributed by atoms with Crippen molar-refractivity contribution in [1.82, 2.24) is 4.90 Å². The second-order valence-electron chi connectivity index (χ2n) is 10.7. The highest BCUT2D eigenvalue weighted by Gasteiger charge is 2.92. The Morgan fingerprint density at radius 3 is 2.44 bits per heavy atom. The van der Waals surface area contributed by atoms with Crippen LogP contribution in [0.5, 0.6) is 11.5 Å². The second kappa shape index (κ2) is 7.05. The smallest absolute Gasteiger partial charge is 0.414 e. The third-order valence-corrected chi connectivity index (χ3v) is 10.3. The Morgan fingerprint density at radius 1 is 1.03 bits per heavy atom. The van der Waals surface area contributed by atoms with Crippen LogP contribution in [0.1, 0.15) is 44.1 Å². The molecule has 2 bridgehead atoms. The summed E-state index contributed by atoms with van der Waals surface area (Å²) >= 11 is 0. The first-order valence-electron chi connectivity index (χ1n) is 12.4. The van der Waals surface area contributed by atoms with Gasteiger partial charge in [-0.3, -0.25) is 9.80 Å². The van der Waals surface area contributed by atoms with Crippen LogP contribution in [0, 0.1) is 16.7 Å². The Balaban J connectivity index is 1.82. The molecular formula is C26H31N3O7. The standard InChI is InChI=1S/C26H31N3O7/c1-33-17-7-6-16-18(19(17)34-2)29(21(31)36-4)25-10-9-22(14-24(25,32)20(30)35-3)8-5-12-28-13-11-23(16,25)26(22,28)15-27/h6-7,32H,5,8-14H2,1-4H3. The molecule has 5 atom stereocenters. The molecule has 36 heavy (non-hydrogen) atoms. The third-order valence-electron chi connectivity index (χ3n) is 10.3. The lowest BCUT2D eigenvalue weighted by Crippen LogP contribution is -2.90. The average Bonchev–Trinajstić information content (AvgIpc) is 3.39. The van der Waals surface area contributed by atoms with Crippen LogP contribution in [0.15, 0.2) is 12.1 Å². The van der Waals surface area contributed by atoms with E-state index >= 15 is 0 Å². The SMILES string of the molecule is COC(=O)N1c2c(ccc(OC)c2OC)C23CCN4CCCC5(CCC12C(O)(C(=O)OC)C5)C43C#N. The van der Waals surface area contributed by atoms with Crippen LogP contribution in [0.3, 0.4) is 0 Å². The van der Waals surface area contributed by atoms with Gasteiger partial charge in [0.2, 0.25) is 0 Å². The number of fused-ring (bicyclic) bond motifs is 3. The predicted molar refractivity (Wildman–Crippen MR) is 126 cm³/mol. The number of aliphatic hydroxyl groups is 1. The zero-order valence-corrected chi connectivity index (χ0v) is 21.0. The van der Waals surface area contributed by atoms with E-state index in [4.69, 9.17) is 18.9 Å². The normalized spacial score (nSPS) is 39.5. The van der Waals surface area contributed by atoms with E-state index in [1.807, 2.05) is 6.07 Å². The maximum Gasteiger partial charge on any atom is 0.414 e. The van der Waals surface area contributed by atoms with Gasteiger partial charge in [0, 0.05) is 12.0 Å². The molecular weight excluding hydrogens is 466 g/mol. The maximum atomic E-state index is 13.7. The van der Waals surface area contributed by atoms with Gasteiger partial charge in [-0.05, 0) is 56.7 Å². The lowest BCUT2D eigenvalue weighted by molar-refractivity contribution is -0.244. The quantitative estimate of drug-likeness (QED) is 0.626. The van der Waals surface area contributed by atoms with Crippen LogP contribution >= 0.6 is 0 Å². The molecule has 7 rings (SSSR count). The number of hydrogen-bond acceptors (Lipinski definition) is 9. The second-order valence-corrected chi connectivity index (χ2v) is 10.7. The first kappa shape index (κ1) is 23.4. The molecule has 5 unspecified atom stereocenters. The number of carbonyl (C=O) groups excluding carboxylic acids is 2. The molecule has 0 radical (unpaired) electrons. The summed E-state index contributed by atoms with van der Waals surface area (Å²) in [6.45, 7) is 1.35. The maximum absolute atomic E-state index is 13.7. The number of methoxy groups -OCH3 is 4. The highest BCUT2D eigenvalue weighted by molar-refractivity contribution is 6.02. The van der Waals surface area contributed by atoms with Gasteiger partial charge >= 0.3 is 12.1 Å². The molecule has 10 nitrogen and oxygen atoms in total. The zero-order valence-electron chi connectivity index (χ0n) is 21.0. The van der Waals surface area contributed by atoms with E-state index in [0.29, 0.717) is 55.0 Å². The monoisotopic (exact) mass is 497 g/mol. The van der Waals surface area contributed by atoms with Crippen molar-refractivity contribution in [3.05, 3.63) is 17.7 Å². The molecule has 5 fully saturated rings. The summed E-state index contributed by atoms with van der Waals surface area (Å²) < 4.78 is 21.9. The van der Waals surface area contributed by atoms with E-state index in [9.17, 15) is 20.0 Å². The molecule has 3 spiro atoms. The van der Waals surface area contributed by atoms with Crippen molar-refractivity contribution in [2.24, 2.45) is 5.41 Å². The summed E-state index contributed by atoms with van der Waals surface area (Å²) in [5.41, 5.74) is -5.29. The number of amides is 1. The molecule has 10 heteroatoms. The van der Waals surface area contributed by atoms with Gasteiger partial charge in [0.15, 0.2) is 17.1 Å². The summed E-state index contributed by atoms with van der Waals surface area (Å²) in [7, 11) is 5.51. The van der Waals surface area contributed by atoms with E-state index < -0.39 is 39.6 Å². The van der Waals surface area contributed by atoms with Gasteiger partial charge in [0.1, 0.15) is 11.1 Å². The number of hydrogen-bond donors (Lipinski definition) is 1. The minimum atomic E-state index is -2.07. The molecule has 3 aliphatic carbocycles. The van der Waals surface area contributed by atoms with Gasteiger partial charge in [-0.2, -0.15) is 5.26 Å². The fourth-order valence-corrected chi connectivity index (χ4v) is 9.46. The molecule has 3 aliphatic heterocycles. The number of piperidine rings is 1. The summed E-state index contributed by atoms with van der Waals surface area (Å²) in [5.74, 6) is -0.109. The number of anilines is 1. The van der Waals surface area contributed by atoms with Gasteiger partial charge in [-0.25, -0.2) is 9.59 Å². The zero-order chi connectivity index (χ0) is 25.7. The molecule has 0 aromatic heterocycles.